The molecule has 4 N–H and O–H groups in total. The number of nitrogens with one attached hydrogen (secondary N) is 1. The number of ether oxygens (including phenoxy) is 1. The highest BCUT2D eigenvalue weighted by Gasteiger charge is 2.32. The summed E-state index contributed by atoms with van der Waals surface area (Å²) < 4.78 is 5.36. The molecule has 6 heteroatoms. The van der Waals surface area contributed by atoms with Gasteiger partial charge in [-0.25, -0.2) is 9.97 Å². The lowest BCUT2D eigenvalue weighted by Gasteiger charge is -2.37. The maximum absolute atomic E-state index is 9.71. The van der Waals surface area contributed by atoms with E-state index in [-0.39, 0.29) is 17.6 Å². The summed E-state index contributed by atoms with van der Waals surface area (Å²) in [6.45, 7) is 7.46. The van der Waals surface area contributed by atoms with E-state index in [4.69, 9.17) is 10.5 Å². The number of hydrogen-bond acceptors (Lipinski definition) is 6. The summed E-state index contributed by atoms with van der Waals surface area (Å²) in [5, 5.41) is 13.0. The Bertz CT molecular complexity index is 465. The second kappa shape index (κ2) is 5.54. The first-order valence-corrected chi connectivity index (χ1v) is 6.96. The average Bonchev–Trinajstić information content (AvgIpc) is 2.38. The lowest BCUT2D eigenvalue weighted by atomic mass is 9.91. The van der Waals surface area contributed by atoms with Crippen molar-refractivity contribution in [2.75, 3.05) is 30.9 Å². The first-order chi connectivity index (χ1) is 9.35. The van der Waals surface area contributed by atoms with Crippen LogP contribution in [0.15, 0.2) is 6.07 Å². The fraction of sp³-hybridized carbons (Fsp3) is 0.714. The van der Waals surface area contributed by atoms with Crippen molar-refractivity contribution in [3.8, 4) is 0 Å². The third-order valence-electron chi connectivity index (χ3n) is 3.56. The minimum Gasteiger partial charge on any atom is -0.394 e. The van der Waals surface area contributed by atoms with E-state index in [2.05, 4.69) is 15.3 Å². The van der Waals surface area contributed by atoms with Crippen molar-refractivity contribution >= 4 is 11.6 Å². The molecule has 1 aromatic rings. The maximum Gasteiger partial charge on any atom is 0.138 e. The number of nitrogens with zero attached hydrogens (tertiary/aromatic N) is 2. The van der Waals surface area contributed by atoms with E-state index in [1.807, 2.05) is 20.8 Å². The van der Waals surface area contributed by atoms with E-state index in [0.29, 0.717) is 30.7 Å². The van der Waals surface area contributed by atoms with Gasteiger partial charge in [0.05, 0.1) is 12.1 Å². The van der Waals surface area contributed by atoms with Gasteiger partial charge < -0.3 is 20.9 Å². The highest BCUT2D eigenvalue weighted by molar-refractivity contribution is 5.47. The van der Waals surface area contributed by atoms with Crippen LogP contribution in [0, 0.1) is 0 Å². The Hall–Kier alpha value is -1.40. The van der Waals surface area contributed by atoms with Gasteiger partial charge in [0.25, 0.3) is 0 Å². The molecule has 0 atom stereocenters. The maximum atomic E-state index is 9.71. The van der Waals surface area contributed by atoms with Crippen molar-refractivity contribution in [2.24, 2.45) is 0 Å². The van der Waals surface area contributed by atoms with Gasteiger partial charge in [0, 0.05) is 24.7 Å². The molecule has 0 radical (unpaired) electrons. The van der Waals surface area contributed by atoms with Gasteiger partial charge in [0.2, 0.25) is 0 Å². The zero-order valence-electron chi connectivity index (χ0n) is 12.4. The van der Waals surface area contributed by atoms with Crippen LogP contribution in [-0.4, -0.2) is 40.4 Å². The van der Waals surface area contributed by atoms with E-state index in [9.17, 15) is 5.11 Å². The lowest BCUT2D eigenvalue weighted by Crippen LogP contribution is -2.47. The molecule has 2 heterocycles. The minimum absolute atomic E-state index is 0.0467. The van der Waals surface area contributed by atoms with Gasteiger partial charge >= 0.3 is 0 Å². The molecule has 1 fully saturated rings. The highest BCUT2D eigenvalue weighted by atomic mass is 16.5. The molecular formula is C14H24N4O2. The van der Waals surface area contributed by atoms with Crippen molar-refractivity contribution in [1.82, 2.24) is 9.97 Å². The predicted molar refractivity (Wildman–Crippen MR) is 78.6 cm³/mol. The van der Waals surface area contributed by atoms with Gasteiger partial charge in [-0.1, -0.05) is 20.8 Å². The Morgan fingerprint density at radius 1 is 1.35 bits per heavy atom. The SMILES string of the molecule is CC(C)(C)c1nc(N)cc(NC2(CO)CCOCC2)n1. The van der Waals surface area contributed by atoms with Crippen molar-refractivity contribution in [3.05, 3.63) is 11.9 Å². The minimum atomic E-state index is -0.381. The lowest BCUT2D eigenvalue weighted by molar-refractivity contribution is 0.0378. The molecule has 6 nitrogen and oxygen atoms in total. The van der Waals surface area contributed by atoms with Crippen molar-refractivity contribution in [3.63, 3.8) is 0 Å². The molecule has 0 amide bonds. The Morgan fingerprint density at radius 2 is 2.00 bits per heavy atom. The monoisotopic (exact) mass is 280 g/mol. The molecule has 0 bridgehead atoms. The van der Waals surface area contributed by atoms with Crippen LogP contribution in [0.25, 0.3) is 0 Å². The van der Waals surface area contributed by atoms with Gasteiger partial charge in [-0.05, 0) is 12.8 Å². The van der Waals surface area contributed by atoms with Crippen LogP contribution >= 0.6 is 0 Å². The van der Waals surface area contributed by atoms with Crippen LogP contribution in [0.3, 0.4) is 0 Å². The Balaban J connectivity index is 2.26. The molecule has 112 valence electrons. The summed E-state index contributed by atoms with van der Waals surface area (Å²) in [4.78, 5) is 8.82. The van der Waals surface area contributed by atoms with Crippen LogP contribution in [0.2, 0.25) is 0 Å². The third kappa shape index (κ3) is 3.37. The Labute approximate surface area is 119 Å². The zero-order valence-corrected chi connectivity index (χ0v) is 12.4. The zero-order chi connectivity index (χ0) is 14.8. The van der Waals surface area contributed by atoms with Gasteiger partial charge in [-0.2, -0.15) is 0 Å². The quantitative estimate of drug-likeness (QED) is 0.773. The molecule has 0 spiro atoms. The van der Waals surface area contributed by atoms with Crippen molar-refractivity contribution in [2.45, 2.75) is 44.6 Å². The molecule has 0 saturated carbocycles. The third-order valence-corrected chi connectivity index (χ3v) is 3.56. The summed E-state index contributed by atoms with van der Waals surface area (Å²) in [6.07, 6.45) is 1.50. The van der Waals surface area contributed by atoms with E-state index in [0.717, 1.165) is 12.8 Å². The molecule has 1 aromatic heterocycles. The molecule has 1 saturated heterocycles. The first kappa shape index (κ1) is 15.0. The smallest absolute Gasteiger partial charge is 0.138 e. The molecule has 0 aliphatic carbocycles. The summed E-state index contributed by atoms with van der Waals surface area (Å²) in [7, 11) is 0. The number of nitrogens with two attached hydrogens (primary N) is 1. The van der Waals surface area contributed by atoms with E-state index in [1.54, 1.807) is 6.07 Å². The summed E-state index contributed by atoms with van der Waals surface area (Å²) in [5.74, 6) is 1.80. The number of nitrogen functional groups attached to an aromatic ring is 1. The normalized spacial score (nSPS) is 18.8. The van der Waals surface area contributed by atoms with Crippen LogP contribution < -0.4 is 11.1 Å². The standard InChI is InChI=1S/C14H24N4O2/c1-13(2,3)12-16-10(15)8-11(17-12)18-14(9-19)4-6-20-7-5-14/h8,19H,4-7,9H2,1-3H3,(H3,15,16,17,18). The average molecular weight is 280 g/mol. The fourth-order valence-electron chi connectivity index (χ4n) is 2.22. The first-order valence-electron chi connectivity index (χ1n) is 6.96. The Morgan fingerprint density at radius 3 is 2.55 bits per heavy atom. The molecular weight excluding hydrogens is 256 g/mol. The van der Waals surface area contributed by atoms with Gasteiger partial charge in [-0.3, -0.25) is 0 Å². The van der Waals surface area contributed by atoms with Crippen molar-refractivity contribution in [1.29, 1.82) is 0 Å². The number of aliphatic hydroxyl groups excluding tert-OH is 1. The van der Waals surface area contributed by atoms with Crippen LogP contribution in [0.5, 0.6) is 0 Å². The molecule has 0 aromatic carbocycles. The largest absolute Gasteiger partial charge is 0.394 e. The fourth-order valence-corrected chi connectivity index (χ4v) is 2.22. The van der Waals surface area contributed by atoms with Gasteiger partial charge in [0.1, 0.15) is 17.5 Å². The van der Waals surface area contributed by atoms with E-state index < -0.39 is 0 Å². The topological polar surface area (TPSA) is 93.3 Å². The number of hydrogen-bond donors (Lipinski definition) is 3. The molecule has 2 rings (SSSR count). The van der Waals surface area contributed by atoms with Crippen LogP contribution in [-0.2, 0) is 10.2 Å². The number of aliphatic hydroxyl groups is 1. The van der Waals surface area contributed by atoms with Crippen molar-refractivity contribution < 1.29 is 9.84 Å². The predicted octanol–water partition coefficient (Wildman–Crippen LogP) is 1.31. The summed E-state index contributed by atoms with van der Waals surface area (Å²) in [5.41, 5.74) is 5.31. The second-order valence-electron chi connectivity index (χ2n) is 6.43. The molecule has 0 unspecified atom stereocenters. The number of rotatable bonds is 3. The van der Waals surface area contributed by atoms with E-state index >= 15 is 0 Å². The van der Waals surface area contributed by atoms with Crippen LogP contribution in [0.4, 0.5) is 11.6 Å². The van der Waals surface area contributed by atoms with Gasteiger partial charge in [-0.15, -0.1) is 0 Å². The molecule has 20 heavy (non-hydrogen) atoms. The number of aromatic nitrogens is 2. The summed E-state index contributed by atoms with van der Waals surface area (Å²) >= 11 is 0. The highest BCUT2D eigenvalue weighted by Crippen LogP contribution is 2.27. The van der Waals surface area contributed by atoms with E-state index in [1.165, 1.54) is 0 Å². The molecule has 1 aliphatic rings. The number of anilines is 2. The molecule has 1 aliphatic heterocycles. The Kier molecular flexibility index (Phi) is 4.15. The van der Waals surface area contributed by atoms with Gasteiger partial charge in [0.15, 0.2) is 0 Å². The summed E-state index contributed by atoms with van der Waals surface area (Å²) in [6, 6.07) is 1.71. The van der Waals surface area contributed by atoms with Crippen LogP contribution in [0.1, 0.15) is 39.4 Å². The second-order valence-corrected chi connectivity index (χ2v) is 6.43.